The summed E-state index contributed by atoms with van der Waals surface area (Å²) < 4.78 is 6.20. The number of aliphatic hydroxyl groups is 2. The van der Waals surface area contributed by atoms with Gasteiger partial charge in [-0.05, 0) is 110 Å². The molecule has 4 fully saturated rings. The lowest BCUT2D eigenvalue weighted by atomic mass is 9.36. The number of aliphatic hydroxyl groups excluding tert-OH is 2. The fourth-order valence-electron chi connectivity index (χ4n) is 11.7. The number of ether oxygens (including phenoxy) is 1. The maximum Gasteiger partial charge on any atom is 0.302 e. The van der Waals surface area contributed by atoms with Gasteiger partial charge in [0.1, 0.15) is 6.10 Å². The lowest BCUT2D eigenvalue weighted by Crippen LogP contribution is -2.66. The van der Waals surface area contributed by atoms with E-state index in [0.717, 1.165) is 77.4 Å². The van der Waals surface area contributed by atoms with Crippen LogP contribution in [-0.4, -0.2) is 79.7 Å². The fraction of sp³-hybridized carbons (Fsp3) is 0.947. The third-order valence-corrected chi connectivity index (χ3v) is 14.0. The topological polar surface area (TPSA) is 146 Å². The third-order valence-electron chi connectivity index (χ3n) is 14.0. The van der Waals surface area contributed by atoms with Crippen molar-refractivity contribution >= 4 is 11.9 Å². The average molecular weight is 663 g/mol. The summed E-state index contributed by atoms with van der Waals surface area (Å²) in [5, 5.41) is 33.1. The largest absolute Gasteiger partial charge is 0.462 e. The molecule has 4 aliphatic rings. The summed E-state index contributed by atoms with van der Waals surface area (Å²) in [5.41, 5.74) is 5.13. The number of rotatable bonds is 16. The normalized spacial score (nSPS) is 40.3. The van der Waals surface area contributed by atoms with Crippen LogP contribution in [0, 0.1) is 57.7 Å². The Balaban J connectivity index is 1.58. The second-order valence-corrected chi connectivity index (χ2v) is 17.1. The zero-order chi connectivity index (χ0) is 34.6. The van der Waals surface area contributed by atoms with Gasteiger partial charge in [-0.3, -0.25) is 9.59 Å². The van der Waals surface area contributed by atoms with Crippen molar-refractivity contribution in [1.82, 2.24) is 16.0 Å². The summed E-state index contributed by atoms with van der Waals surface area (Å²) in [6, 6.07) is 0. The predicted octanol–water partition coefficient (Wildman–Crippen LogP) is 4.24. The highest BCUT2D eigenvalue weighted by atomic mass is 16.5. The number of hydrogen-bond donors (Lipinski definition) is 6. The molecule has 3 unspecified atom stereocenters. The molecule has 272 valence electrons. The molecule has 0 bridgehead atoms. The second kappa shape index (κ2) is 16.2. The monoisotopic (exact) mass is 663 g/mol. The van der Waals surface area contributed by atoms with Gasteiger partial charge in [-0.2, -0.15) is 0 Å². The molecule has 1 amide bonds. The molecular weight excluding hydrogens is 592 g/mol. The van der Waals surface area contributed by atoms with Crippen LogP contribution in [0.25, 0.3) is 0 Å². The highest BCUT2D eigenvalue weighted by molar-refractivity contribution is 5.79. The number of fused-ring (bicyclic) bond motifs is 5. The summed E-state index contributed by atoms with van der Waals surface area (Å²) in [7, 11) is 0. The second-order valence-electron chi connectivity index (χ2n) is 17.1. The van der Waals surface area contributed by atoms with Crippen molar-refractivity contribution < 1.29 is 24.5 Å². The van der Waals surface area contributed by atoms with Crippen molar-refractivity contribution in [2.75, 3.05) is 39.3 Å². The quantitative estimate of drug-likeness (QED) is 0.106. The summed E-state index contributed by atoms with van der Waals surface area (Å²) in [4.78, 5) is 26.8. The first-order chi connectivity index (χ1) is 22.2. The molecule has 0 radical (unpaired) electrons. The van der Waals surface area contributed by atoms with Gasteiger partial charge in [-0.1, -0.05) is 54.4 Å². The van der Waals surface area contributed by atoms with E-state index < -0.39 is 6.10 Å². The molecule has 0 heterocycles. The van der Waals surface area contributed by atoms with Gasteiger partial charge in [0.05, 0.1) is 12.2 Å². The Morgan fingerprint density at radius 1 is 0.894 bits per heavy atom. The van der Waals surface area contributed by atoms with E-state index in [0.29, 0.717) is 37.9 Å². The Labute approximate surface area is 285 Å². The molecular formula is C38H70N4O5. The van der Waals surface area contributed by atoms with Crippen LogP contribution in [0.1, 0.15) is 113 Å². The fourth-order valence-corrected chi connectivity index (χ4v) is 11.7. The van der Waals surface area contributed by atoms with E-state index >= 15 is 0 Å². The highest BCUT2D eigenvalue weighted by Crippen LogP contribution is 2.74. The van der Waals surface area contributed by atoms with E-state index in [-0.39, 0.29) is 69.9 Å². The molecule has 9 nitrogen and oxygen atoms in total. The minimum absolute atomic E-state index is 0.0547. The lowest BCUT2D eigenvalue weighted by molar-refractivity contribution is -0.239. The van der Waals surface area contributed by atoms with E-state index in [1.807, 2.05) is 0 Å². The van der Waals surface area contributed by atoms with Crippen LogP contribution in [0.4, 0.5) is 0 Å². The molecule has 9 heteroatoms. The van der Waals surface area contributed by atoms with Crippen LogP contribution in [0.5, 0.6) is 0 Å². The molecule has 4 aliphatic carbocycles. The first-order valence-corrected chi connectivity index (χ1v) is 19.1. The predicted molar refractivity (Wildman–Crippen MR) is 187 cm³/mol. The first-order valence-electron chi connectivity index (χ1n) is 19.1. The molecule has 7 N–H and O–H groups in total. The van der Waals surface area contributed by atoms with E-state index in [1.54, 1.807) is 0 Å². The summed E-state index contributed by atoms with van der Waals surface area (Å²) in [6.45, 7) is 19.8. The molecule has 0 aromatic rings. The van der Waals surface area contributed by atoms with Crippen LogP contribution >= 0.6 is 0 Å². The number of hydrogen-bond acceptors (Lipinski definition) is 8. The van der Waals surface area contributed by atoms with Crippen LogP contribution < -0.4 is 21.7 Å². The van der Waals surface area contributed by atoms with Gasteiger partial charge in [0, 0.05) is 44.9 Å². The Kier molecular flexibility index (Phi) is 13.3. The molecule has 12 atom stereocenters. The van der Waals surface area contributed by atoms with Gasteiger partial charge in [-0.15, -0.1) is 0 Å². The van der Waals surface area contributed by atoms with E-state index in [4.69, 9.17) is 10.5 Å². The number of nitrogens with one attached hydrogen (secondary N) is 3. The van der Waals surface area contributed by atoms with Gasteiger partial charge in [0.15, 0.2) is 0 Å². The summed E-state index contributed by atoms with van der Waals surface area (Å²) in [6.07, 6.45) is 7.72. The van der Waals surface area contributed by atoms with Crippen molar-refractivity contribution in [3.05, 3.63) is 0 Å². The zero-order valence-corrected chi connectivity index (χ0v) is 30.8. The summed E-state index contributed by atoms with van der Waals surface area (Å²) >= 11 is 0. The Morgan fingerprint density at radius 3 is 2.26 bits per heavy atom. The standard InChI is InChI=1S/C38H70N4O5/c1-24(2)10-8-11-27(35(46)42-21-20-41-18-9-17-40-19-16-39)33-29-22-31(45)34-36(5)14-13-30(44)25(3)28(36)12-15-37(34,6)38(29,7)23-32(33)47-26(4)43/h24-25,27-34,40-41,44-45H,8-23,39H2,1-7H3,(H,42,46)/t25-,27-,28?,29?,30-,31+,32-,33-,34?,36-,37-,38-/m0/s1. The zero-order valence-electron chi connectivity index (χ0n) is 30.8. The lowest BCUT2D eigenvalue weighted by Gasteiger charge is -2.69. The number of carbonyl (C=O) groups excluding carboxylic acids is 2. The Hall–Kier alpha value is -1.26. The van der Waals surface area contributed by atoms with E-state index in [9.17, 15) is 19.8 Å². The summed E-state index contributed by atoms with van der Waals surface area (Å²) in [5.74, 6) is 0.667. The van der Waals surface area contributed by atoms with Crippen LogP contribution in [0.3, 0.4) is 0 Å². The SMILES string of the molecule is CC(=O)O[C@H]1C[C@@]2(C)C(C[C@@H](O)C3[C@@]4(C)CC[C@H](O)[C@@H](C)C4CC[C@@]32C)[C@@H]1[C@H](CCCC(C)C)C(=O)NCCNCCCNCCN. The highest BCUT2D eigenvalue weighted by Gasteiger charge is 2.72. The number of amides is 1. The number of carbonyl (C=O) groups is 2. The van der Waals surface area contributed by atoms with Crippen molar-refractivity contribution in [3.63, 3.8) is 0 Å². The third kappa shape index (κ3) is 7.90. The minimum atomic E-state index is -0.491. The van der Waals surface area contributed by atoms with E-state index in [1.165, 1.54) is 6.92 Å². The van der Waals surface area contributed by atoms with Crippen molar-refractivity contribution in [3.8, 4) is 0 Å². The van der Waals surface area contributed by atoms with Crippen LogP contribution in [-0.2, 0) is 14.3 Å². The molecule has 47 heavy (non-hydrogen) atoms. The van der Waals surface area contributed by atoms with Gasteiger partial charge >= 0.3 is 5.97 Å². The average Bonchev–Trinajstić information content (AvgIpc) is 3.27. The maximum atomic E-state index is 14.2. The van der Waals surface area contributed by atoms with Crippen molar-refractivity contribution in [2.45, 2.75) is 131 Å². The molecule has 0 aromatic heterocycles. The molecule has 4 saturated carbocycles. The van der Waals surface area contributed by atoms with Gasteiger partial charge in [-0.25, -0.2) is 0 Å². The minimum Gasteiger partial charge on any atom is -0.462 e. The van der Waals surface area contributed by atoms with Gasteiger partial charge in [0.25, 0.3) is 0 Å². The molecule has 4 rings (SSSR count). The molecule has 0 spiro atoms. The van der Waals surface area contributed by atoms with Gasteiger partial charge in [0.2, 0.25) is 5.91 Å². The van der Waals surface area contributed by atoms with Crippen molar-refractivity contribution in [2.24, 2.45) is 63.4 Å². The van der Waals surface area contributed by atoms with E-state index in [2.05, 4.69) is 57.5 Å². The Morgan fingerprint density at radius 2 is 1.60 bits per heavy atom. The molecule has 0 aromatic carbocycles. The molecule has 0 aliphatic heterocycles. The smallest absolute Gasteiger partial charge is 0.302 e. The maximum absolute atomic E-state index is 14.2. The number of nitrogens with two attached hydrogens (primary N) is 1. The van der Waals surface area contributed by atoms with Gasteiger partial charge < -0.3 is 36.6 Å². The van der Waals surface area contributed by atoms with Crippen LogP contribution in [0.15, 0.2) is 0 Å². The van der Waals surface area contributed by atoms with Crippen LogP contribution in [0.2, 0.25) is 0 Å². The number of esters is 1. The Bertz CT molecular complexity index is 1040. The van der Waals surface area contributed by atoms with Crippen molar-refractivity contribution in [1.29, 1.82) is 0 Å². The first kappa shape index (κ1) is 38.5. The molecule has 0 saturated heterocycles.